The van der Waals surface area contributed by atoms with Crippen LogP contribution in [0, 0.1) is 19.8 Å². The number of aryl methyl sites for hydroxylation is 3. The normalized spacial score (nSPS) is 23.8. The number of rotatable bonds is 4. The second-order valence-electron chi connectivity index (χ2n) is 8.01. The highest BCUT2D eigenvalue weighted by Gasteiger charge is 2.42. The first kappa shape index (κ1) is 17.7. The molecule has 0 amide bonds. The van der Waals surface area contributed by atoms with E-state index >= 15 is 0 Å². The fraction of sp³-hybridized carbons (Fsp3) is 0.435. The molecular weight excluding hydrogens is 308 g/mol. The molecular formula is C23H28O2. The second kappa shape index (κ2) is 6.67. The van der Waals surface area contributed by atoms with E-state index in [9.17, 15) is 9.90 Å². The lowest BCUT2D eigenvalue weighted by molar-refractivity contribution is -0.141. The molecule has 3 atom stereocenters. The number of fused-ring (bicyclic) bond motifs is 1. The quantitative estimate of drug-likeness (QED) is 0.811. The molecule has 0 bridgehead atoms. The van der Waals surface area contributed by atoms with Crippen LogP contribution in [0.4, 0.5) is 0 Å². The third kappa shape index (κ3) is 3.35. The lowest BCUT2D eigenvalue weighted by atomic mass is 9.59. The number of carboxylic acids is 1. The van der Waals surface area contributed by atoms with Crippen molar-refractivity contribution < 1.29 is 9.90 Å². The Hall–Kier alpha value is -2.09. The van der Waals surface area contributed by atoms with Gasteiger partial charge in [-0.05, 0) is 61.1 Å². The van der Waals surface area contributed by atoms with Crippen molar-refractivity contribution in [2.24, 2.45) is 5.92 Å². The van der Waals surface area contributed by atoms with Gasteiger partial charge in [0, 0.05) is 0 Å². The predicted octanol–water partition coefficient (Wildman–Crippen LogP) is 5.40. The number of aliphatic carboxylic acids is 1. The summed E-state index contributed by atoms with van der Waals surface area (Å²) in [6.07, 6.45) is 2.79. The Morgan fingerprint density at radius 2 is 1.80 bits per heavy atom. The van der Waals surface area contributed by atoms with E-state index in [1.165, 1.54) is 27.8 Å². The summed E-state index contributed by atoms with van der Waals surface area (Å²) in [5.41, 5.74) is 6.57. The van der Waals surface area contributed by atoms with E-state index in [1.54, 1.807) is 0 Å². The van der Waals surface area contributed by atoms with Gasteiger partial charge in [-0.3, -0.25) is 4.79 Å². The van der Waals surface area contributed by atoms with Crippen molar-refractivity contribution in [3.8, 4) is 0 Å². The predicted molar refractivity (Wildman–Crippen MR) is 102 cm³/mol. The molecule has 0 aliphatic heterocycles. The van der Waals surface area contributed by atoms with Gasteiger partial charge in [-0.15, -0.1) is 0 Å². The summed E-state index contributed by atoms with van der Waals surface area (Å²) in [6, 6.07) is 15.5. The molecule has 0 heterocycles. The molecule has 1 aliphatic carbocycles. The van der Waals surface area contributed by atoms with Gasteiger partial charge in [-0.1, -0.05) is 67.4 Å². The van der Waals surface area contributed by atoms with Crippen LogP contribution in [0.2, 0.25) is 0 Å². The van der Waals surface area contributed by atoms with Crippen LogP contribution in [0.5, 0.6) is 0 Å². The average Bonchev–Trinajstić information content (AvgIpc) is 2.57. The van der Waals surface area contributed by atoms with Crippen LogP contribution in [0.25, 0.3) is 0 Å². The standard InChI is InChI=1S/C23H28O2/c1-15-5-8-19(9-6-15)23(4)12-11-18-13-16(2)7-10-20(18)21(23)14-17(3)22(24)25/h5-10,13,17,21H,11-12,14H2,1-4H3,(H,24,25)/t17?,21-,23-/m1/s1. The van der Waals surface area contributed by atoms with Crippen LogP contribution in [0.3, 0.4) is 0 Å². The monoisotopic (exact) mass is 336 g/mol. The molecule has 132 valence electrons. The molecule has 3 rings (SSSR count). The smallest absolute Gasteiger partial charge is 0.306 e. The molecule has 2 aromatic carbocycles. The van der Waals surface area contributed by atoms with E-state index in [0.29, 0.717) is 6.42 Å². The SMILES string of the molecule is Cc1ccc([C@@]2(C)CCc3cc(C)ccc3[C@H]2CC(C)C(=O)O)cc1. The first-order valence-corrected chi connectivity index (χ1v) is 9.20. The fourth-order valence-electron chi connectivity index (χ4n) is 4.32. The van der Waals surface area contributed by atoms with Gasteiger partial charge in [0.1, 0.15) is 0 Å². The van der Waals surface area contributed by atoms with Crippen LogP contribution in [0.1, 0.15) is 60.4 Å². The van der Waals surface area contributed by atoms with Crippen molar-refractivity contribution in [1.82, 2.24) is 0 Å². The molecule has 0 aromatic heterocycles. The van der Waals surface area contributed by atoms with Crippen molar-refractivity contribution in [2.75, 3.05) is 0 Å². The van der Waals surface area contributed by atoms with Gasteiger partial charge in [0.15, 0.2) is 0 Å². The van der Waals surface area contributed by atoms with E-state index in [1.807, 2.05) is 6.92 Å². The minimum atomic E-state index is -0.703. The number of hydrogen-bond acceptors (Lipinski definition) is 1. The van der Waals surface area contributed by atoms with Gasteiger partial charge >= 0.3 is 5.97 Å². The van der Waals surface area contributed by atoms with E-state index in [2.05, 4.69) is 63.2 Å². The third-order valence-electron chi connectivity index (χ3n) is 6.08. The van der Waals surface area contributed by atoms with Gasteiger partial charge in [0.2, 0.25) is 0 Å². The van der Waals surface area contributed by atoms with Crippen LogP contribution in [-0.4, -0.2) is 11.1 Å². The maximum atomic E-state index is 11.5. The maximum Gasteiger partial charge on any atom is 0.306 e. The van der Waals surface area contributed by atoms with Crippen LogP contribution in [-0.2, 0) is 16.6 Å². The lowest BCUT2D eigenvalue weighted by Crippen LogP contribution is -2.37. The van der Waals surface area contributed by atoms with E-state index < -0.39 is 5.97 Å². The molecule has 0 radical (unpaired) electrons. The molecule has 25 heavy (non-hydrogen) atoms. The van der Waals surface area contributed by atoms with Gasteiger partial charge in [-0.2, -0.15) is 0 Å². The highest BCUT2D eigenvalue weighted by molar-refractivity contribution is 5.69. The van der Waals surface area contributed by atoms with Crippen molar-refractivity contribution in [2.45, 2.75) is 58.3 Å². The number of benzene rings is 2. The number of hydrogen-bond donors (Lipinski definition) is 1. The van der Waals surface area contributed by atoms with Gasteiger partial charge in [0.05, 0.1) is 5.92 Å². The van der Waals surface area contributed by atoms with Crippen molar-refractivity contribution in [3.05, 3.63) is 70.3 Å². The Bertz CT molecular complexity index is 775. The zero-order chi connectivity index (χ0) is 18.2. The first-order chi connectivity index (χ1) is 11.8. The average molecular weight is 336 g/mol. The molecule has 0 saturated heterocycles. The molecule has 1 aliphatic rings. The summed E-state index contributed by atoms with van der Waals surface area (Å²) in [5, 5.41) is 9.48. The number of carboxylic acid groups (broad SMARTS) is 1. The summed E-state index contributed by atoms with van der Waals surface area (Å²) in [7, 11) is 0. The molecule has 1 N–H and O–H groups in total. The minimum Gasteiger partial charge on any atom is -0.481 e. The highest BCUT2D eigenvalue weighted by atomic mass is 16.4. The molecule has 0 spiro atoms. The molecule has 0 fully saturated rings. The molecule has 2 nitrogen and oxygen atoms in total. The van der Waals surface area contributed by atoms with E-state index in [-0.39, 0.29) is 17.3 Å². The lowest BCUT2D eigenvalue weighted by Gasteiger charge is -2.44. The second-order valence-corrected chi connectivity index (χ2v) is 8.01. The Balaban J connectivity index is 2.08. The van der Waals surface area contributed by atoms with E-state index in [4.69, 9.17) is 0 Å². The first-order valence-electron chi connectivity index (χ1n) is 9.20. The summed E-state index contributed by atoms with van der Waals surface area (Å²) in [5.74, 6) is -0.821. The Kier molecular flexibility index (Phi) is 4.73. The Morgan fingerprint density at radius 1 is 1.16 bits per heavy atom. The van der Waals surface area contributed by atoms with Crippen molar-refractivity contribution in [3.63, 3.8) is 0 Å². The van der Waals surface area contributed by atoms with Gasteiger partial charge in [-0.25, -0.2) is 0 Å². The fourth-order valence-corrected chi connectivity index (χ4v) is 4.32. The van der Waals surface area contributed by atoms with Crippen LogP contribution in [0.15, 0.2) is 42.5 Å². The summed E-state index contributed by atoms with van der Waals surface area (Å²) < 4.78 is 0. The number of carbonyl (C=O) groups is 1. The van der Waals surface area contributed by atoms with Gasteiger partial charge in [0.25, 0.3) is 0 Å². The van der Waals surface area contributed by atoms with Crippen molar-refractivity contribution in [1.29, 1.82) is 0 Å². The highest BCUT2D eigenvalue weighted by Crippen LogP contribution is 2.50. The summed E-state index contributed by atoms with van der Waals surface area (Å²) >= 11 is 0. The zero-order valence-electron chi connectivity index (χ0n) is 15.7. The van der Waals surface area contributed by atoms with Gasteiger partial charge < -0.3 is 5.11 Å². The topological polar surface area (TPSA) is 37.3 Å². The summed E-state index contributed by atoms with van der Waals surface area (Å²) in [6.45, 7) is 8.39. The molecule has 0 saturated carbocycles. The zero-order valence-corrected chi connectivity index (χ0v) is 15.7. The van der Waals surface area contributed by atoms with E-state index in [0.717, 1.165) is 12.8 Å². The Morgan fingerprint density at radius 3 is 2.44 bits per heavy atom. The molecule has 2 heteroatoms. The Labute approximate surface area is 150 Å². The largest absolute Gasteiger partial charge is 0.481 e. The molecule has 1 unspecified atom stereocenters. The maximum absolute atomic E-state index is 11.5. The summed E-state index contributed by atoms with van der Waals surface area (Å²) in [4.78, 5) is 11.5. The van der Waals surface area contributed by atoms with Crippen LogP contribution < -0.4 is 0 Å². The minimum absolute atomic E-state index is 0.0281. The van der Waals surface area contributed by atoms with Crippen molar-refractivity contribution >= 4 is 5.97 Å². The third-order valence-corrected chi connectivity index (χ3v) is 6.08. The molecule has 2 aromatic rings. The van der Waals surface area contributed by atoms with Crippen LogP contribution >= 0.6 is 0 Å².